The van der Waals surface area contributed by atoms with Crippen molar-refractivity contribution >= 4 is 28.0 Å². The number of aromatic nitrogens is 3. The first-order chi connectivity index (χ1) is 15.3. The molecular weight excluding hydrogens is 384 g/mol. The molecular formula is C26H26N4O. The highest BCUT2D eigenvalue weighted by molar-refractivity contribution is 5.99. The zero-order valence-corrected chi connectivity index (χ0v) is 17.6. The second-order valence-corrected chi connectivity index (χ2v) is 8.23. The molecule has 2 aromatic carbocycles. The van der Waals surface area contributed by atoms with E-state index in [1.54, 1.807) is 6.21 Å². The summed E-state index contributed by atoms with van der Waals surface area (Å²) in [7, 11) is 0. The van der Waals surface area contributed by atoms with Crippen LogP contribution < -0.4 is 5.56 Å². The second kappa shape index (κ2) is 8.34. The summed E-state index contributed by atoms with van der Waals surface area (Å²) in [6.45, 7) is 4.58. The van der Waals surface area contributed by atoms with Crippen LogP contribution >= 0.6 is 0 Å². The van der Waals surface area contributed by atoms with Crippen LogP contribution in [0.3, 0.4) is 0 Å². The summed E-state index contributed by atoms with van der Waals surface area (Å²) in [6, 6.07) is 15.8. The SMILES string of the molecule is C=CCn1cc(C=Nn2c(C3CCCCC3)nc3ccccc3c2=O)c2ccccc21. The van der Waals surface area contributed by atoms with Gasteiger partial charge in [-0.2, -0.15) is 9.78 Å². The quantitative estimate of drug-likeness (QED) is 0.324. The number of hydrogen-bond acceptors (Lipinski definition) is 3. The predicted octanol–water partition coefficient (Wildman–Crippen LogP) is 5.47. The number of para-hydroxylation sites is 2. The van der Waals surface area contributed by atoms with Gasteiger partial charge in [0.2, 0.25) is 0 Å². The number of fused-ring (bicyclic) bond motifs is 2. The van der Waals surface area contributed by atoms with E-state index in [0.29, 0.717) is 5.39 Å². The third-order valence-corrected chi connectivity index (χ3v) is 6.21. The van der Waals surface area contributed by atoms with Crippen molar-refractivity contribution in [3.05, 3.63) is 89.1 Å². The Balaban J connectivity index is 1.65. The average Bonchev–Trinajstić information content (AvgIpc) is 3.17. The van der Waals surface area contributed by atoms with Crippen molar-refractivity contribution in [2.45, 2.75) is 44.6 Å². The molecule has 0 unspecified atom stereocenters. The van der Waals surface area contributed by atoms with Crippen molar-refractivity contribution in [2.75, 3.05) is 0 Å². The van der Waals surface area contributed by atoms with Crippen molar-refractivity contribution in [1.29, 1.82) is 0 Å². The van der Waals surface area contributed by atoms with Crippen LogP contribution in [-0.4, -0.2) is 20.4 Å². The first-order valence-corrected chi connectivity index (χ1v) is 11.0. The minimum absolute atomic E-state index is 0.0998. The predicted molar refractivity (Wildman–Crippen MR) is 127 cm³/mol. The molecule has 5 rings (SSSR count). The fourth-order valence-corrected chi connectivity index (χ4v) is 4.67. The summed E-state index contributed by atoms with van der Waals surface area (Å²) in [5, 5.41) is 6.41. The molecule has 1 aliphatic rings. The number of nitrogens with zero attached hydrogens (tertiary/aromatic N) is 4. The molecule has 0 radical (unpaired) electrons. The van der Waals surface area contributed by atoms with E-state index in [1.165, 1.54) is 23.9 Å². The Morgan fingerprint density at radius 3 is 2.58 bits per heavy atom. The van der Waals surface area contributed by atoms with Gasteiger partial charge in [0.1, 0.15) is 5.82 Å². The molecule has 2 heterocycles. The van der Waals surface area contributed by atoms with Gasteiger partial charge >= 0.3 is 0 Å². The third kappa shape index (κ3) is 3.61. The van der Waals surface area contributed by atoms with Crippen molar-refractivity contribution in [2.24, 2.45) is 5.10 Å². The van der Waals surface area contributed by atoms with Gasteiger partial charge in [0.15, 0.2) is 0 Å². The highest BCUT2D eigenvalue weighted by Gasteiger charge is 2.22. The Bertz CT molecular complexity index is 1340. The summed E-state index contributed by atoms with van der Waals surface area (Å²) in [6.07, 6.45) is 11.4. The molecule has 5 heteroatoms. The molecule has 4 aromatic rings. The van der Waals surface area contributed by atoms with Gasteiger partial charge in [0.05, 0.1) is 17.1 Å². The van der Waals surface area contributed by atoms with E-state index in [-0.39, 0.29) is 11.5 Å². The van der Waals surface area contributed by atoms with E-state index in [1.807, 2.05) is 42.5 Å². The largest absolute Gasteiger partial charge is 0.343 e. The van der Waals surface area contributed by atoms with Crippen LogP contribution in [0, 0.1) is 0 Å². The Hall–Kier alpha value is -3.47. The third-order valence-electron chi connectivity index (χ3n) is 6.21. The lowest BCUT2D eigenvalue weighted by atomic mass is 9.88. The molecule has 156 valence electrons. The van der Waals surface area contributed by atoms with Crippen molar-refractivity contribution in [1.82, 2.24) is 14.2 Å². The summed E-state index contributed by atoms with van der Waals surface area (Å²) < 4.78 is 3.69. The molecule has 0 atom stereocenters. The van der Waals surface area contributed by atoms with Crippen LogP contribution in [0.2, 0.25) is 0 Å². The van der Waals surface area contributed by atoms with Crippen LogP contribution in [-0.2, 0) is 6.54 Å². The van der Waals surface area contributed by atoms with Crippen molar-refractivity contribution in [3.63, 3.8) is 0 Å². The minimum atomic E-state index is -0.0998. The Kier molecular flexibility index (Phi) is 5.24. The van der Waals surface area contributed by atoms with Gasteiger partial charge in [-0.25, -0.2) is 4.98 Å². The smallest absolute Gasteiger partial charge is 0.282 e. The molecule has 5 nitrogen and oxygen atoms in total. The molecule has 1 saturated carbocycles. The normalized spacial score (nSPS) is 15.2. The van der Waals surface area contributed by atoms with E-state index in [4.69, 9.17) is 10.1 Å². The van der Waals surface area contributed by atoms with Gasteiger partial charge in [0, 0.05) is 35.1 Å². The molecule has 0 saturated heterocycles. The Morgan fingerprint density at radius 1 is 1.03 bits per heavy atom. The van der Waals surface area contributed by atoms with E-state index in [9.17, 15) is 4.79 Å². The highest BCUT2D eigenvalue weighted by Crippen LogP contribution is 2.31. The molecule has 2 aromatic heterocycles. The van der Waals surface area contributed by atoms with Gasteiger partial charge in [0.25, 0.3) is 5.56 Å². The maximum atomic E-state index is 13.4. The lowest BCUT2D eigenvalue weighted by molar-refractivity contribution is 0.416. The molecule has 1 aliphatic carbocycles. The van der Waals surface area contributed by atoms with Gasteiger partial charge in [-0.15, -0.1) is 6.58 Å². The first-order valence-electron chi connectivity index (χ1n) is 11.0. The van der Waals surface area contributed by atoms with Crippen LogP contribution in [0.25, 0.3) is 21.8 Å². The summed E-state index contributed by atoms with van der Waals surface area (Å²) >= 11 is 0. The summed E-state index contributed by atoms with van der Waals surface area (Å²) in [5.41, 5.74) is 2.76. The van der Waals surface area contributed by atoms with Crippen LogP contribution in [0.5, 0.6) is 0 Å². The zero-order chi connectivity index (χ0) is 21.2. The number of rotatable bonds is 5. The molecule has 31 heavy (non-hydrogen) atoms. The van der Waals surface area contributed by atoms with Crippen LogP contribution in [0.4, 0.5) is 0 Å². The van der Waals surface area contributed by atoms with Gasteiger partial charge in [-0.1, -0.05) is 55.7 Å². The standard InChI is InChI=1S/C26H26N4O/c1-2-16-29-18-20(21-12-7-9-15-24(21)29)17-27-30-25(19-10-4-3-5-11-19)28-23-14-8-6-13-22(23)26(30)31/h2,6-9,12-15,17-19H,1,3-5,10-11,16H2. The Morgan fingerprint density at radius 2 is 1.77 bits per heavy atom. The van der Waals surface area contributed by atoms with Crippen LogP contribution in [0.1, 0.15) is 49.4 Å². The summed E-state index contributed by atoms with van der Waals surface area (Å²) in [4.78, 5) is 18.3. The van der Waals surface area contributed by atoms with E-state index in [0.717, 1.165) is 47.2 Å². The zero-order valence-electron chi connectivity index (χ0n) is 17.6. The topological polar surface area (TPSA) is 52.2 Å². The molecule has 0 spiro atoms. The highest BCUT2D eigenvalue weighted by atomic mass is 16.1. The van der Waals surface area contributed by atoms with Gasteiger partial charge in [-0.3, -0.25) is 4.79 Å². The molecule has 0 aliphatic heterocycles. The Labute approximate surface area is 181 Å². The monoisotopic (exact) mass is 410 g/mol. The first kappa shape index (κ1) is 19.5. The van der Waals surface area contributed by atoms with Crippen molar-refractivity contribution in [3.8, 4) is 0 Å². The molecule has 0 bridgehead atoms. The fourth-order valence-electron chi connectivity index (χ4n) is 4.67. The van der Waals surface area contributed by atoms with E-state index >= 15 is 0 Å². The number of benzene rings is 2. The van der Waals surface area contributed by atoms with Gasteiger partial charge in [-0.05, 0) is 31.0 Å². The lowest BCUT2D eigenvalue weighted by Crippen LogP contribution is -2.25. The summed E-state index contributed by atoms with van der Waals surface area (Å²) in [5.74, 6) is 1.06. The van der Waals surface area contributed by atoms with Gasteiger partial charge < -0.3 is 4.57 Å². The lowest BCUT2D eigenvalue weighted by Gasteiger charge is -2.22. The van der Waals surface area contributed by atoms with E-state index in [2.05, 4.69) is 29.5 Å². The molecule has 0 amide bonds. The van der Waals surface area contributed by atoms with E-state index < -0.39 is 0 Å². The van der Waals surface area contributed by atoms with Crippen LogP contribution in [0.15, 0.2) is 77.3 Å². The fraction of sp³-hybridized carbons (Fsp3) is 0.269. The maximum absolute atomic E-state index is 13.4. The molecule has 0 N–H and O–H groups in total. The minimum Gasteiger partial charge on any atom is -0.343 e. The number of allylic oxidation sites excluding steroid dienone is 1. The second-order valence-electron chi connectivity index (χ2n) is 8.23. The van der Waals surface area contributed by atoms with Crippen molar-refractivity contribution < 1.29 is 0 Å². The maximum Gasteiger partial charge on any atom is 0.282 e. The average molecular weight is 411 g/mol. The number of hydrogen-bond donors (Lipinski definition) is 0. The molecule has 1 fully saturated rings.